The molecule has 8 aromatic rings. The second kappa shape index (κ2) is 15.6. The van der Waals surface area contributed by atoms with E-state index < -0.39 is 0 Å². The van der Waals surface area contributed by atoms with Crippen LogP contribution in [0.4, 0.5) is 23.3 Å². The second-order valence-corrected chi connectivity index (χ2v) is 17.0. The third-order valence-electron chi connectivity index (χ3n) is 9.60. The summed E-state index contributed by atoms with van der Waals surface area (Å²) in [5.74, 6) is 2.31. The zero-order valence-electron chi connectivity index (χ0n) is 33.5. The van der Waals surface area contributed by atoms with Gasteiger partial charge >= 0.3 is 0 Å². The summed E-state index contributed by atoms with van der Waals surface area (Å²) >= 11 is 13.1. The number of aromatic nitrogens is 8. The van der Waals surface area contributed by atoms with Gasteiger partial charge in [0.2, 0.25) is 0 Å². The Bertz CT molecular complexity index is 2730. The van der Waals surface area contributed by atoms with E-state index in [2.05, 4.69) is 82.8 Å². The number of halogens is 2. The van der Waals surface area contributed by atoms with E-state index in [0.717, 1.165) is 33.3 Å². The van der Waals surface area contributed by atoms with Crippen LogP contribution in [-0.4, -0.2) is 40.0 Å². The molecule has 0 aliphatic heterocycles. The highest BCUT2D eigenvalue weighted by atomic mass is 35.5. The van der Waals surface area contributed by atoms with Crippen molar-refractivity contribution >= 4 is 68.0 Å². The van der Waals surface area contributed by atoms with Crippen LogP contribution >= 0.6 is 23.2 Å². The van der Waals surface area contributed by atoms with Gasteiger partial charge in [-0.3, -0.25) is 19.8 Å². The molecule has 0 saturated carbocycles. The Morgan fingerprint density at radius 1 is 0.534 bits per heavy atom. The van der Waals surface area contributed by atoms with E-state index in [-0.39, 0.29) is 21.9 Å². The van der Waals surface area contributed by atoms with Crippen molar-refractivity contribution in [3.63, 3.8) is 0 Å². The number of rotatable bonds is 6. The monoisotopic (exact) mass is 814 g/mol. The number of anilines is 4. The Morgan fingerprint density at radius 3 is 1.21 bits per heavy atom. The first-order valence-electron chi connectivity index (χ1n) is 18.7. The molecule has 0 aliphatic rings. The maximum absolute atomic E-state index is 13.2. The fourth-order valence-electron chi connectivity index (χ4n) is 6.39. The van der Waals surface area contributed by atoms with Gasteiger partial charge < -0.3 is 10.6 Å². The number of benzene rings is 4. The Hall–Kier alpha value is -6.24. The largest absolute Gasteiger partial charge is 0.321 e. The van der Waals surface area contributed by atoms with Gasteiger partial charge in [-0.05, 0) is 72.2 Å². The molecule has 0 amide bonds. The van der Waals surface area contributed by atoms with Crippen LogP contribution in [0.1, 0.15) is 64.1 Å². The summed E-state index contributed by atoms with van der Waals surface area (Å²) in [6.07, 6.45) is 0. The van der Waals surface area contributed by atoms with E-state index in [0.29, 0.717) is 55.5 Å². The number of hydrogen-bond acceptors (Lipinski definition) is 8. The van der Waals surface area contributed by atoms with Crippen LogP contribution in [0.3, 0.4) is 0 Å². The van der Waals surface area contributed by atoms with Crippen LogP contribution in [0.15, 0.2) is 107 Å². The van der Waals surface area contributed by atoms with Gasteiger partial charge in [0.05, 0.1) is 32.2 Å². The first-order chi connectivity index (χ1) is 27.5. The molecule has 0 atom stereocenters. The quantitative estimate of drug-likeness (QED) is 0.130. The number of aryl methyl sites for hydroxylation is 2. The Kier molecular flexibility index (Phi) is 10.8. The SMILES string of the molecule is Cc1cc(Nc2nn(-c3ccc(C(C)(C)C)cc3Cl)c(=O)c3ccccc23)n[nH]1.Cc1cc(Nc2nn(-c3ccc(C(C)(C)C)cc3Cl)c(=O)c3ccccc23)n[nH]1. The molecule has 4 heterocycles. The van der Waals surface area contributed by atoms with Crippen molar-refractivity contribution in [2.45, 2.75) is 66.2 Å². The molecule has 0 unspecified atom stereocenters. The molecule has 296 valence electrons. The maximum Gasteiger partial charge on any atom is 0.279 e. The van der Waals surface area contributed by atoms with E-state index in [1.54, 1.807) is 12.1 Å². The fourth-order valence-corrected chi connectivity index (χ4v) is 6.91. The van der Waals surface area contributed by atoms with E-state index in [1.165, 1.54) is 9.36 Å². The van der Waals surface area contributed by atoms with Crippen molar-refractivity contribution in [2.24, 2.45) is 0 Å². The number of aromatic amines is 2. The van der Waals surface area contributed by atoms with E-state index in [4.69, 9.17) is 23.2 Å². The van der Waals surface area contributed by atoms with Gasteiger partial charge in [0.15, 0.2) is 23.3 Å². The summed E-state index contributed by atoms with van der Waals surface area (Å²) in [4.78, 5) is 26.3. The van der Waals surface area contributed by atoms with Crippen molar-refractivity contribution in [1.82, 2.24) is 40.0 Å². The molecule has 0 radical (unpaired) electrons. The number of fused-ring (bicyclic) bond motifs is 2. The predicted molar refractivity (Wildman–Crippen MR) is 235 cm³/mol. The highest BCUT2D eigenvalue weighted by Gasteiger charge is 2.20. The van der Waals surface area contributed by atoms with Crippen LogP contribution < -0.4 is 21.8 Å². The van der Waals surface area contributed by atoms with Gasteiger partial charge in [0.25, 0.3) is 11.1 Å². The van der Waals surface area contributed by atoms with Crippen LogP contribution in [0.5, 0.6) is 0 Å². The zero-order valence-corrected chi connectivity index (χ0v) is 35.0. The smallest absolute Gasteiger partial charge is 0.279 e. The molecular formula is C44H44Cl2N10O2. The normalized spacial score (nSPS) is 11.8. The molecule has 14 heteroatoms. The molecule has 0 fully saturated rings. The van der Waals surface area contributed by atoms with Gasteiger partial charge in [0.1, 0.15) is 0 Å². The fraction of sp³-hybridized carbons (Fsp3) is 0.227. The third-order valence-corrected chi connectivity index (χ3v) is 10.2. The van der Waals surface area contributed by atoms with Crippen LogP contribution in [0.2, 0.25) is 10.0 Å². The van der Waals surface area contributed by atoms with Crippen LogP contribution in [-0.2, 0) is 10.8 Å². The van der Waals surface area contributed by atoms with E-state index in [1.807, 2.05) is 98.8 Å². The summed E-state index contributed by atoms with van der Waals surface area (Å²) < 4.78 is 2.69. The maximum atomic E-state index is 13.2. The lowest BCUT2D eigenvalue weighted by atomic mass is 9.87. The molecule has 58 heavy (non-hydrogen) atoms. The van der Waals surface area contributed by atoms with Gasteiger partial charge in [-0.2, -0.15) is 19.6 Å². The standard InChI is InChI=1S/2C22H22ClN5O/c2*1-13-11-19(26-25-13)24-20-15-7-5-6-8-16(15)21(29)28(27-20)18-10-9-14(12-17(18)23)22(2,3)4/h2*5-12H,1-4H3,(H2,24,25,26,27). The Labute approximate surface area is 345 Å². The Balaban J connectivity index is 0.000000177. The molecule has 4 N–H and O–H groups in total. The molecular weight excluding hydrogens is 771 g/mol. The number of hydrogen-bond donors (Lipinski definition) is 4. The molecule has 0 bridgehead atoms. The van der Waals surface area contributed by atoms with Crippen molar-refractivity contribution in [3.8, 4) is 11.4 Å². The predicted octanol–water partition coefficient (Wildman–Crippen LogP) is 10.2. The molecule has 0 spiro atoms. The summed E-state index contributed by atoms with van der Waals surface area (Å²) in [7, 11) is 0. The van der Waals surface area contributed by atoms with Gasteiger partial charge in [0, 0.05) is 34.3 Å². The first kappa shape index (κ1) is 40.0. The summed E-state index contributed by atoms with van der Waals surface area (Å²) in [6, 6.07) is 29.9. The summed E-state index contributed by atoms with van der Waals surface area (Å²) in [5.41, 5.74) is 4.55. The molecule has 4 aromatic heterocycles. The molecule has 4 aromatic carbocycles. The Morgan fingerprint density at radius 2 is 0.897 bits per heavy atom. The van der Waals surface area contributed by atoms with Gasteiger partial charge in [-0.25, -0.2) is 0 Å². The lowest BCUT2D eigenvalue weighted by Gasteiger charge is -2.20. The number of nitrogens with zero attached hydrogens (tertiary/aromatic N) is 6. The van der Waals surface area contributed by atoms with Gasteiger partial charge in [-0.15, -0.1) is 10.2 Å². The zero-order chi connectivity index (χ0) is 41.5. The highest BCUT2D eigenvalue weighted by molar-refractivity contribution is 6.32. The average molecular weight is 816 g/mol. The van der Waals surface area contributed by atoms with E-state index >= 15 is 0 Å². The topological polar surface area (TPSA) is 151 Å². The van der Waals surface area contributed by atoms with Crippen LogP contribution in [0.25, 0.3) is 32.9 Å². The summed E-state index contributed by atoms with van der Waals surface area (Å²) in [5, 5.41) is 33.3. The summed E-state index contributed by atoms with van der Waals surface area (Å²) in [6.45, 7) is 16.5. The number of H-pyrrole nitrogens is 2. The molecule has 0 aliphatic carbocycles. The van der Waals surface area contributed by atoms with Gasteiger partial charge in [-0.1, -0.05) is 113 Å². The van der Waals surface area contributed by atoms with Crippen LogP contribution in [0, 0.1) is 13.8 Å². The molecule has 12 nitrogen and oxygen atoms in total. The second-order valence-electron chi connectivity index (χ2n) is 16.2. The lowest BCUT2D eigenvalue weighted by molar-refractivity contribution is 0.589. The minimum absolute atomic E-state index is 0.0472. The van der Waals surface area contributed by atoms with Crippen molar-refractivity contribution < 1.29 is 0 Å². The third kappa shape index (κ3) is 8.25. The number of nitrogens with one attached hydrogen (secondary N) is 4. The van der Waals surface area contributed by atoms with Crippen molar-refractivity contribution in [2.75, 3.05) is 10.6 Å². The minimum atomic E-state index is -0.227. The molecule has 8 rings (SSSR count). The van der Waals surface area contributed by atoms with E-state index in [9.17, 15) is 9.59 Å². The lowest BCUT2D eigenvalue weighted by Crippen LogP contribution is -2.23. The highest BCUT2D eigenvalue weighted by Crippen LogP contribution is 2.31. The minimum Gasteiger partial charge on any atom is -0.321 e. The van der Waals surface area contributed by atoms with Crippen molar-refractivity contribution in [1.29, 1.82) is 0 Å². The van der Waals surface area contributed by atoms with Crippen molar-refractivity contribution in [3.05, 3.63) is 150 Å². The molecule has 0 saturated heterocycles. The first-order valence-corrected chi connectivity index (χ1v) is 19.5. The average Bonchev–Trinajstić information content (AvgIpc) is 3.79.